The van der Waals surface area contributed by atoms with Crippen LogP contribution in [0, 0.1) is 0 Å². The molecule has 0 atom stereocenters. The van der Waals surface area contributed by atoms with Crippen LogP contribution in [0.1, 0.15) is 11.1 Å². The predicted molar refractivity (Wildman–Crippen MR) is 138 cm³/mol. The Balaban J connectivity index is 0.00000304. The number of hydrogen-bond donors (Lipinski definition) is 1. The summed E-state index contributed by atoms with van der Waals surface area (Å²) < 4.78 is 18.6. The van der Waals surface area contributed by atoms with Gasteiger partial charge < -0.3 is 24.6 Å². The molecule has 1 aliphatic heterocycles. The Kier molecular flexibility index (Phi) is 7.28. The van der Waals surface area contributed by atoms with Gasteiger partial charge in [-0.3, -0.25) is 9.69 Å². The second-order valence-electron chi connectivity index (χ2n) is 8.40. The minimum Gasteiger partial charge on any atom is -0.497 e. The van der Waals surface area contributed by atoms with E-state index in [1.54, 1.807) is 23.9 Å². The summed E-state index contributed by atoms with van der Waals surface area (Å²) in [6, 6.07) is 15.8. The van der Waals surface area contributed by atoms with Gasteiger partial charge in [-0.25, -0.2) is 10.8 Å². The van der Waals surface area contributed by atoms with Crippen LogP contribution in [0.2, 0.25) is 0 Å². The molecule has 4 N–H and O–H groups in total. The van der Waals surface area contributed by atoms with E-state index in [0.717, 1.165) is 39.5 Å². The topological polar surface area (TPSA) is 122 Å². The number of aryl methyl sites for hydroxylation is 1. The average Bonchev–Trinajstić information content (AvgIpc) is 3.46. The Hall–Kier alpha value is -4.28. The SMILES string of the molecule is COc1ccc(COc2ccc(CN3CN(N)c4cc(-c5cnn(C)c5)cnc43)cc2OC)cc1.O. The van der Waals surface area contributed by atoms with E-state index in [9.17, 15) is 0 Å². The van der Waals surface area contributed by atoms with Crippen molar-refractivity contribution >= 4 is 11.5 Å². The first-order valence-corrected chi connectivity index (χ1v) is 11.2. The number of anilines is 2. The lowest BCUT2D eigenvalue weighted by Gasteiger charge is -2.19. The molecule has 5 rings (SSSR count). The third kappa shape index (κ3) is 5.04. The van der Waals surface area contributed by atoms with E-state index in [1.165, 1.54) is 0 Å². The van der Waals surface area contributed by atoms with Crippen LogP contribution in [0.25, 0.3) is 11.1 Å². The molecule has 10 nitrogen and oxygen atoms in total. The lowest BCUT2D eigenvalue weighted by atomic mass is 10.1. The van der Waals surface area contributed by atoms with Gasteiger partial charge in [0.1, 0.15) is 19.0 Å². The van der Waals surface area contributed by atoms with Crippen molar-refractivity contribution in [3.05, 3.63) is 78.2 Å². The molecule has 0 saturated heterocycles. The molecule has 0 spiro atoms. The monoisotopic (exact) mass is 490 g/mol. The highest BCUT2D eigenvalue weighted by atomic mass is 16.5. The fourth-order valence-electron chi connectivity index (χ4n) is 4.11. The van der Waals surface area contributed by atoms with Gasteiger partial charge in [0, 0.05) is 37.1 Å². The van der Waals surface area contributed by atoms with Gasteiger partial charge in [0.25, 0.3) is 0 Å². The normalized spacial score (nSPS) is 12.2. The summed E-state index contributed by atoms with van der Waals surface area (Å²) in [6.07, 6.45) is 5.64. The summed E-state index contributed by atoms with van der Waals surface area (Å²) in [5, 5.41) is 5.96. The molecule has 0 amide bonds. The van der Waals surface area contributed by atoms with E-state index in [0.29, 0.717) is 31.3 Å². The summed E-state index contributed by atoms with van der Waals surface area (Å²) in [7, 11) is 5.19. The van der Waals surface area contributed by atoms with E-state index in [-0.39, 0.29) is 5.48 Å². The number of hydrazine groups is 1. The summed E-state index contributed by atoms with van der Waals surface area (Å²) in [5.74, 6) is 9.35. The molecule has 0 saturated carbocycles. The molecule has 0 fully saturated rings. The fourth-order valence-corrected chi connectivity index (χ4v) is 4.11. The average molecular weight is 491 g/mol. The third-order valence-corrected chi connectivity index (χ3v) is 5.97. The van der Waals surface area contributed by atoms with Gasteiger partial charge >= 0.3 is 0 Å². The zero-order valence-electron chi connectivity index (χ0n) is 20.5. The Labute approximate surface area is 209 Å². The van der Waals surface area contributed by atoms with Crippen LogP contribution in [0.3, 0.4) is 0 Å². The van der Waals surface area contributed by atoms with Crippen molar-refractivity contribution in [1.29, 1.82) is 0 Å². The zero-order chi connectivity index (χ0) is 24.4. The lowest BCUT2D eigenvalue weighted by molar-refractivity contribution is 0.284. The standard InChI is InChI=1S/C26H28N6O3.H2O/c1-30-15-21(13-29-30)20-11-23-26(28-12-20)31(17-32(23)27)14-19-6-9-24(25(10-19)34-3)35-16-18-4-7-22(33-2)8-5-18;/h4-13,15H,14,16-17,27H2,1-3H3;1H2. The highest BCUT2D eigenvalue weighted by Crippen LogP contribution is 2.37. The van der Waals surface area contributed by atoms with E-state index >= 15 is 0 Å². The van der Waals surface area contributed by atoms with Crippen molar-refractivity contribution in [2.45, 2.75) is 13.2 Å². The first-order valence-electron chi connectivity index (χ1n) is 11.2. The Bertz CT molecular complexity index is 1320. The number of benzene rings is 2. The maximum atomic E-state index is 6.31. The first-order chi connectivity index (χ1) is 17.0. The lowest BCUT2D eigenvalue weighted by Crippen LogP contribution is -2.35. The minimum absolute atomic E-state index is 0. The molecular formula is C26H30N6O4. The molecule has 2 aromatic heterocycles. The Morgan fingerprint density at radius 3 is 2.39 bits per heavy atom. The van der Waals surface area contributed by atoms with Crippen molar-refractivity contribution in [1.82, 2.24) is 14.8 Å². The van der Waals surface area contributed by atoms with Gasteiger partial charge in [-0.15, -0.1) is 0 Å². The molecule has 188 valence electrons. The predicted octanol–water partition coefficient (Wildman–Crippen LogP) is 2.91. The van der Waals surface area contributed by atoms with Crippen LogP contribution in [-0.2, 0) is 20.2 Å². The first kappa shape index (κ1) is 24.8. The zero-order valence-corrected chi connectivity index (χ0v) is 20.5. The van der Waals surface area contributed by atoms with E-state index < -0.39 is 0 Å². The largest absolute Gasteiger partial charge is 0.497 e. The third-order valence-electron chi connectivity index (χ3n) is 5.97. The van der Waals surface area contributed by atoms with Crippen LogP contribution >= 0.6 is 0 Å². The van der Waals surface area contributed by atoms with Crippen molar-refractivity contribution in [3.8, 4) is 28.4 Å². The minimum atomic E-state index is 0. The van der Waals surface area contributed by atoms with Crippen LogP contribution < -0.4 is 30.0 Å². The van der Waals surface area contributed by atoms with Crippen LogP contribution in [0.5, 0.6) is 17.2 Å². The highest BCUT2D eigenvalue weighted by Gasteiger charge is 2.26. The summed E-state index contributed by atoms with van der Waals surface area (Å²) in [6.45, 7) is 1.61. The Morgan fingerprint density at radius 2 is 1.69 bits per heavy atom. The molecule has 10 heteroatoms. The van der Waals surface area contributed by atoms with Crippen molar-refractivity contribution in [2.75, 3.05) is 30.8 Å². The van der Waals surface area contributed by atoms with Gasteiger partial charge in [-0.2, -0.15) is 5.10 Å². The van der Waals surface area contributed by atoms with Crippen LogP contribution in [0.15, 0.2) is 67.1 Å². The Morgan fingerprint density at radius 1 is 0.917 bits per heavy atom. The van der Waals surface area contributed by atoms with Gasteiger partial charge in [0.2, 0.25) is 0 Å². The molecule has 0 aliphatic carbocycles. The van der Waals surface area contributed by atoms with E-state index in [4.69, 9.17) is 25.0 Å². The maximum absolute atomic E-state index is 6.31. The molecule has 3 heterocycles. The van der Waals surface area contributed by atoms with Gasteiger partial charge in [0.05, 0.1) is 26.1 Å². The second kappa shape index (κ2) is 10.5. The molecule has 0 unspecified atom stereocenters. The van der Waals surface area contributed by atoms with Gasteiger partial charge in [0.15, 0.2) is 17.3 Å². The number of hydrogen-bond acceptors (Lipinski definition) is 8. The number of fused-ring (bicyclic) bond motifs is 1. The molecule has 2 aromatic carbocycles. The summed E-state index contributed by atoms with van der Waals surface area (Å²) in [5.41, 5.74) is 4.99. The van der Waals surface area contributed by atoms with E-state index in [1.807, 2.05) is 68.1 Å². The van der Waals surface area contributed by atoms with E-state index in [2.05, 4.69) is 16.1 Å². The van der Waals surface area contributed by atoms with Crippen LogP contribution in [-0.4, -0.2) is 41.1 Å². The smallest absolute Gasteiger partial charge is 0.161 e. The number of nitrogens with zero attached hydrogens (tertiary/aromatic N) is 5. The fraction of sp³-hybridized carbons (Fsp3) is 0.231. The number of pyridine rings is 1. The number of ether oxygens (including phenoxy) is 3. The van der Waals surface area contributed by atoms with Crippen molar-refractivity contribution in [2.24, 2.45) is 12.9 Å². The number of nitrogens with two attached hydrogens (primary N) is 1. The molecule has 36 heavy (non-hydrogen) atoms. The molecule has 1 aliphatic rings. The molecule has 4 aromatic rings. The van der Waals surface area contributed by atoms with Crippen molar-refractivity contribution < 1.29 is 19.7 Å². The van der Waals surface area contributed by atoms with Gasteiger partial charge in [-0.1, -0.05) is 18.2 Å². The molecule has 0 bridgehead atoms. The van der Waals surface area contributed by atoms with Crippen LogP contribution in [0.4, 0.5) is 11.5 Å². The second-order valence-corrected chi connectivity index (χ2v) is 8.40. The van der Waals surface area contributed by atoms with Gasteiger partial charge in [-0.05, 0) is 41.5 Å². The summed E-state index contributed by atoms with van der Waals surface area (Å²) >= 11 is 0. The highest BCUT2D eigenvalue weighted by molar-refractivity contribution is 5.77. The maximum Gasteiger partial charge on any atom is 0.161 e. The number of rotatable bonds is 8. The number of methoxy groups -OCH3 is 2. The molecule has 0 radical (unpaired) electrons. The van der Waals surface area contributed by atoms with Crippen molar-refractivity contribution in [3.63, 3.8) is 0 Å². The quantitative estimate of drug-likeness (QED) is 0.374. The summed E-state index contributed by atoms with van der Waals surface area (Å²) in [4.78, 5) is 6.84. The number of aromatic nitrogens is 3. The molecular weight excluding hydrogens is 460 g/mol.